The van der Waals surface area contributed by atoms with E-state index in [1.165, 1.54) is 0 Å². The van der Waals surface area contributed by atoms with Crippen molar-refractivity contribution >= 4 is 11.8 Å². The Morgan fingerprint density at radius 3 is 2.55 bits per heavy atom. The summed E-state index contributed by atoms with van der Waals surface area (Å²) in [6.45, 7) is 3.56. The highest BCUT2D eigenvalue weighted by molar-refractivity contribution is 5.92. The van der Waals surface area contributed by atoms with Gasteiger partial charge in [-0.15, -0.1) is 0 Å². The number of carbonyl (C=O) groups excluding carboxylic acids is 2. The van der Waals surface area contributed by atoms with Gasteiger partial charge in [-0.05, 0) is 6.42 Å². The molecule has 2 heterocycles. The van der Waals surface area contributed by atoms with Gasteiger partial charge in [0.05, 0.1) is 31.7 Å². The SMILES string of the molecule is COCCNC(=O)C1CC1C(=O)N1CCC2(CC1)OCCO2. The van der Waals surface area contributed by atoms with Crippen molar-refractivity contribution in [3.63, 3.8) is 0 Å². The number of likely N-dealkylation sites (tertiary alicyclic amines) is 1. The van der Waals surface area contributed by atoms with E-state index in [0.29, 0.717) is 45.9 Å². The fourth-order valence-corrected chi connectivity index (χ4v) is 3.25. The van der Waals surface area contributed by atoms with E-state index in [2.05, 4.69) is 5.32 Å². The Hall–Kier alpha value is -1.18. The van der Waals surface area contributed by atoms with Crippen LogP contribution >= 0.6 is 0 Å². The van der Waals surface area contributed by atoms with Crippen molar-refractivity contribution < 1.29 is 23.8 Å². The summed E-state index contributed by atoms with van der Waals surface area (Å²) < 4.78 is 16.2. The molecule has 3 aliphatic rings. The number of ether oxygens (including phenoxy) is 3. The van der Waals surface area contributed by atoms with Crippen molar-refractivity contribution in [1.82, 2.24) is 10.2 Å². The molecule has 1 aliphatic carbocycles. The second kappa shape index (κ2) is 6.52. The predicted molar refractivity (Wildman–Crippen MR) is 76.9 cm³/mol. The van der Waals surface area contributed by atoms with E-state index in [9.17, 15) is 9.59 Å². The van der Waals surface area contributed by atoms with E-state index >= 15 is 0 Å². The van der Waals surface area contributed by atoms with E-state index in [1.54, 1.807) is 7.11 Å². The van der Waals surface area contributed by atoms with Gasteiger partial charge in [0.1, 0.15) is 0 Å². The van der Waals surface area contributed by atoms with Crippen molar-refractivity contribution in [2.24, 2.45) is 11.8 Å². The fourth-order valence-electron chi connectivity index (χ4n) is 3.25. The van der Waals surface area contributed by atoms with Gasteiger partial charge < -0.3 is 24.4 Å². The van der Waals surface area contributed by atoms with Crippen molar-refractivity contribution in [3.05, 3.63) is 0 Å². The highest BCUT2D eigenvalue weighted by atomic mass is 16.7. The lowest BCUT2D eigenvalue weighted by molar-refractivity contribution is -0.187. The lowest BCUT2D eigenvalue weighted by atomic mass is 10.0. The molecule has 1 saturated carbocycles. The summed E-state index contributed by atoms with van der Waals surface area (Å²) in [4.78, 5) is 26.2. The molecule has 1 N–H and O–H groups in total. The van der Waals surface area contributed by atoms with Crippen LogP contribution in [0.5, 0.6) is 0 Å². The van der Waals surface area contributed by atoms with Crippen molar-refractivity contribution in [2.75, 3.05) is 46.6 Å². The van der Waals surface area contributed by atoms with Crippen LogP contribution in [0, 0.1) is 11.8 Å². The summed E-state index contributed by atoms with van der Waals surface area (Å²) >= 11 is 0. The number of nitrogens with zero attached hydrogens (tertiary/aromatic N) is 1. The largest absolute Gasteiger partial charge is 0.383 e. The van der Waals surface area contributed by atoms with Gasteiger partial charge in [-0.2, -0.15) is 0 Å². The lowest BCUT2D eigenvalue weighted by Crippen LogP contribution is -2.48. The van der Waals surface area contributed by atoms with E-state index in [0.717, 1.165) is 12.8 Å². The first-order valence-electron chi connectivity index (χ1n) is 7.98. The van der Waals surface area contributed by atoms with Gasteiger partial charge in [-0.3, -0.25) is 9.59 Å². The third kappa shape index (κ3) is 3.26. The van der Waals surface area contributed by atoms with Crippen LogP contribution in [-0.4, -0.2) is 69.1 Å². The van der Waals surface area contributed by atoms with Crippen LogP contribution in [0.1, 0.15) is 19.3 Å². The van der Waals surface area contributed by atoms with E-state index in [1.807, 2.05) is 4.90 Å². The minimum Gasteiger partial charge on any atom is -0.383 e. The third-order valence-electron chi connectivity index (χ3n) is 4.70. The van der Waals surface area contributed by atoms with Crippen LogP contribution in [0.3, 0.4) is 0 Å². The van der Waals surface area contributed by atoms with Crippen LogP contribution in [0.15, 0.2) is 0 Å². The average molecular weight is 312 g/mol. The molecule has 3 fully saturated rings. The molecule has 7 nitrogen and oxygen atoms in total. The van der Waals surface area contributed by atoms with Crippen LogP contribution in [0.2, 0.25) is 0 Å². The van der Waals surface area contributed by atoms with Gasteiger partial charge in [-0.1, -0.05) is 0 Å². The molecule has 2 amide bonds. The molecule has 2 unspecified atom stereocenters. The lowest BCUT2D eigenvalue weighted by Gasteiger charge is -2.37. The van der Waals surface area contributed by atoms with Crippen LogP contribution < -0.4 is 5.32 Å². The maximum absolute atomic E-state index is 12.4. The first-order chi connectivity index (χ1) is 10.7. The molecular weight excluding hydrogens is 288 g/mol. The van der Waals surface area contributed by atoms with Gasteiger partial charge in [0.15, 0.2) is 5.79 Å². The normalized spacial score (nSPS) is 29.6. The van der Waals surface area contributed by atoms with Crippen molar-refractivity contribution in [2.45, 2.75) is 25.0 Å². The predicted octanol–water partition coefficient (Wildman–Crippen LogP) is -0.249. The Morgan fingerprint density at radius 2 is 1.91 bits per heavy atom. The second-order valence-corrected chi connectivity index (χ2v) is 6.17. The zero-order valence-corrected chi connectivity index (χ0v) is 13.0. The van der Waals surface area contributed by atoms with Gasteiger partial charge in [0.25, 0.3) is 0 Å². The number of nitrogens with one attached hydrogen (secondary N) is 1. The van der Waals surface area contributed by atoms with Gasteiger partial charge in [0.2, 0.25) is 11.8 Å². The van der Waals surface area contributed by atoms with E-state index in [4.69, 9.17) is 14.2 Å². The molecule has 0 aromatic carbocycles. The fraction of sp³-hybridized carbons (Fsp3) is 0.867. The van der Waals surface area contributed by atoms with Gasteiger partial charge >= 0.3 is 0 Å². The van der Waals surface area contributed by atoms with Crippen molar-refractivity contribution in [3.8, 4) is 0 Å². The summed E-state index contributed by atoms with van der Waals surface area (Å²) in [5.41, 5.74) is 0. The Kier molecular flexibility index (Phi) is 4.65. The highest BCUT2D eigenvalue weighted by Crippen LogP contribution is 2.41. The van der Waals surface area contributed by atoms with E-state index in [-0.39, 0.29) is 23.7 Å². The van der Waals surface area contributed by atoms with Crippen LogP contribution in [0.25, 0.3) is 0 Å². The Bertz CT molecular complexity index is 426. The summed E-state index contributed by atoms with van der Waals surface area (Å²) in [5.74, 6) is -0.718. The zero-order valence-electron chi connectivity index (χ0n) is 13.0. The Labute approximate surface area is 130 Å². The molecule has 1 spiro atoms. The number of hydrogen-bond acceptors (Lipinski definition) is 5. The van der Waals surface area contributed by atoms with Crippen molar-refractivity contribution in [1.29, 1.82) is 0 Å². The smallest absolute Gasteiger partial charge is 0.226 e. The standard InChI is InChI=1S/C15H24N2O5/c1-20-7-4-16-13(18)11-10-12(11)14(19)17-5-2-15(3-6-17)21-8-9-22-15/h11-12H,2-10H2,1H3,(H,16,18). The number of amides is 2. The molecule has 124 valence electrons. The molecule has 22 heavy (non-hydrogen) atoms. The molecule has 7 heteroatoms. The summed E-state index contributed by atoms with van der Waals surface area (Å²) in [6, 6.07) is 0. The Balaban J connectivity index is 1.43. The monoisotopic (exact) mass is 312 g/mol. The number of methoxy groups -OCH3 is 1. The molecular formula is C15H24N2O5. The molecule has 0 aromatic rings. The summed E-state index contributed by atoms with van der Waals surface area (Å²) in [6.07, 6.45) is 2.10. The summed E-state index contributed by atoms with van der Waals surface area (Å²) in [5, 5.41) is 2.80. The number of hydrogen-bond donors (Lipinski definition) is 1. The minimum atomic E-state index is -0.461. The number of carbonyl (C=O) groups is 2. The third-order valence-corrected chi connectivity index (χ3v) is 4.70. The first kappa shape index (κ1) is 15.7. The zero-order chi connectivity index (χ0) is 15.6. The van der Waals surface area contributed by atoms with Crippen LogP contribution in [-0.2, 0) is 23.8 Å². The average Bonchev–Trinajstić information content (AvgIpc) is 3.22. The first-order valence-corrected chi connectivity index (χ1v) is 7.98. The summed E-state index contributed by atoms with van der Waals surface area (Å²) in [7, 11) is 1.59. The van der Waals surface area contributed by atoms with E-state index < -0.39 is 5.79 Å². The number of rotatable bonds is 5. The van der Waals surface area contributed by atoms with Crippen LogP contribution in [0.4, 0.5) is 0 Å². The molecule has 0 radical (unpaired) electrons. The molecule has 0 aromatic heterocycles. The van der Waals surface area contributed by atoms with Gasteiger partial charge in [-0.25, -0.2) is 0 Å². The Morgan fingerprint density at radius 1 is 1.23 bits per heavy atom. The topological polar surface area (TPSA) is 77.1 Å². The molecule has 3 rings (SSSR count). The minimum absolute atomic E-state index is 0.0358. The maximum atomic E-state index is 12.4. The molecule has 2 saturated heterocycles. The molecule has 2 atom stereocenters. The molecule has 0 bridgehead atoms. The second-order valence-electron chi connectivity index (χ2n) is 6.17. The maximum Gasteiger partial charge on any atom is 0.226 e. The number of piperidine rings is 1. The molecule has 2 aliphatic heterocycles. The highest BCUT2D eigenvalue weighted by Gasteiger charge is 2.51. The quantitative estimate of drug-likeness (QED) is 0.709. The van der Waals surface area contributed by atoms with Gasteiger partial charge in [0, 0.05) is 39.6 Å².